The van der Waals surface area contributed by atoms with Crippen LogP contribution in [0.15, 0.2) is 60.0 Å². The van der Waals surface area contributed by atoms with E-state index in [1.807, 2.05) is 49.2 Å². The summed E-state index contributed by atoms with van der Waals surface area (Å²) < 4.78 is 0.727. The van der Waals surface area contributed by atoms with Crippen LogP contribution in [0.5, 0.6) is 0 Å². The minimum absolute atomic E-state index is 0. The number of aliphatic imine (C=N–C) groups is 1. The zero-order valence-corrected chi connectivity index (χ0v) is 15.1. The fraction of sp³-hybridized carbons (Fsp3) is 0.333. The maximum Gasteiger partial charge on any atom is 0.194 e. The van der Waals surface area contributed by atoms with Gasteiger partial charge in [-0.25, -0.2) is 4.99 Å². The highest BCUT2D eigenvalue weighted by atomic mass is 79.9. The molecule has 0 bridgehead atoms. The second kappa shape index (κ2) is 10.3. The molecule has 1 unspecified atom stereocenters. The maximum absolute atomic E-state index is 8.88. The van der Waals surface area contributed by atoms with E-state index in [4.69, 9.17) is 5.11 Å². The van der Waals surface area contributed by atoms with Crippen LogP contribution in [-0.2, 0) is 0 Å². The van der Waals surface area contributed by atoms with Gasteiger partial charge in [0.05, 0.1) is 24.9 Å². The minimum Gasteiger partial charge on any atom is -1.00 e. The first-order chi connectivity index (χ1) is 10.8. The number of nitrogens with zero attached hydrogens (tertiary/aromatic N) is 3. The molecule has 0 saturated carbocycles. The number of hydrogen-bond donors (Lipinski definition) is 1. The number of quaternary nitrogens is 1. The summed E-state index contributed by atoms with van der Waals surface area (Å²) in [4.78, 5) is 8.25. The molecule has 1 aliphatic rings. The first-order valence-corrected chi connectivity index (χ1v) is 7.79. The van der Waals surface area contributed by atoms with E-state index in [0.29, 0.717) is 0 Å². The highest BCUT2D eigenvalue weighted by Gasteiger charge is 2.24. The van der Waals surface area contributed by atoms with E-state index in [2.05, 4.69) is 29.0 Å². The first kappa shape index (κ1) is 19.5. The number of hydrogen-bond acceptors (Lipinski definition) is 3. The lowest BCUT2D eigenvalue weighted by molar-refractivity contribution is -0.780. The minimum atomic E-state index is 0. The molecule has 1 aliphatic heterocycles. The largest absolute Gasteiger partial charge is 1.00 e. The first-order valence-electron chi connectivity index (χ1n) is 7.79. The quantitative estimate of drug-likeness (QED) is 0.764. The predicted molar refractivity (Wildman–Crippen MR) is 91.4 cm³/mol. The van der Waals surface area contributed by atoms with Crippen molar-refractivity contribution in [3.63, 3.8) is 0 Å². The third-order valence-electron chi connectivity index (χ3n) is 3.70. The molecular weight excluding hydrogens is 354 g/mol. The van der Waals surface area contributed by atoms with E-state index < -0.39 is 0 Å². The molecule has 124 valence electrons. The average Bonchev–Trinajstić information content (AvgIpc) is 3.03. The van der Waals surface area contributed by atoms with Crippen molar-refractivity contribution in [3.8, 4) is 0 Å². The van der Waals surface area contributed by atoms with Crippen LogP contribution in [0.1, 0.15) is 19.8 Å². The predicted octanol–water partition coefficient (Wildman–Crippen LogP) is 0.348. The maximum atomic E-state index is 8.88. The number of para-hydroxylation sites is 1. The van der Waals surface area contributed by atoms with Crippen LogP contribution in [0, 0.1) is 0 Å². The number of pyridine rings is 1. The van der Waals surface area contributed by atoms with Gasteiger partial charge in [0.2, 0.25) is 0 Å². The number of fused-ring (bicyclic) bond motifs is 1. The number of aliphatic hydroxyl groups is 1. The molecular formula is C18H24BrN3O. The van der Waals surface area contributed by atoms with Crippen LogP contribution in [0.3, 0.4) is 0 Å². The van der Waals surface area contributed by atoms with Crippen molar-refractivity contribution >= 4 is 17.2 Å². The molecule has 4 nitrogen and oxygen atoms in total. The van der Waals surface area contributed by atoms with Gasteiger partial charge in [-0.05, 0) is 18.6 Å². The lowest BCUT2D eigenvalue weighted by Gasteiger charge is -2.26. The summed E-state index contributed by atoms with van der Waals surface area (Å²) in [6.45, 7) is 4.20. The average molecular weight is 378 g/mol. The molecule has 3 rings (SSSR count). The van der Waals surface area contributed by atoms with E-state index in [1.54, 1.807) is 0 Å². The molecule has 0 saturated heterocycles. The number of halogens is 1. The van der Waals surface area contributed by atoms with E-state index in [9.17, 15) is 0 Å². The van der Waals surface area contributed by atoms with Crippen molar-refractivity contribution in [2.24, 2.45) is 4.99 Å². The molecule has 23 heavy (non-hydrogen) atoms. The highest BCUT2D eigenvalue weighted by molar-refractivity contribution is 5.77. The van der Waals surface area contributed by atoms with Crippen molar-refractivity contribution in [2.45, 2.75) is 19.8 Å². The molecule has 5 heteroatoms. The molecule has 0 spiro atoms. The Hall–Kier alpha value is -1.56. The summed E-state index contributed by atoms with van der Waals surface area (Å²) in [6, 6.07) is 12.1. The fourth-order valence-corrected chi connectivity index (χ4v) is 2.41. The van der Waals surface area contributed by atoms with E-state index in [-0.39, 0.29) is 23.6 Å². The van der Waals surface area contributed by atoms with Gasteiger partial charge in [0.25, 0.3) is 0 Å². The standard InChI is InChI=1S/C9H17N2O.C9H7N.BrH/c1-2-3-5-11(7-8-12)6-4-10-9-11;1-2-6-9-8(4-1)5-3-7-10-9;/h4,6,9,12H,2-3,5,7-8H2,1H3;1-7H;1H/q+1;;/p-1. The number of aromatic nitrogens is 1. The Morgan fingerprint density at radius 3 is 2.52 bits per heavy atom. The Morgan fingerprint density at radius 2 is 1.87 bits per heavy atom. The van der Waals surface area contributed by atoms with Crippen LogP contribution in [0.4, 0.5) is 0 Å². The number of benzene rings is 1. The molecule has 1 N–H and O–H groups in total. The number of rotatable bonds is 5. The summed E-state index contributed by atoms with van der Waals surface area (Å²) in [5.74, 6) is 0. The molecule has 0 radical (unpaired) electrons. The van der Waals surface area contributed by atoms with E-state index >= 15 is 0 Å². The van der Waals surface area contributed by atoms with Crippen LogP contribution in [0.25, 0.3) is 10.9 Å². The summed E-state index contributed by atoms with van der Waals surface area (Å²) in [6.07, 6.45) is 9.94. The third-order valence-corrected chi connectivity index (χ3v) is 3.70. The van der Waals surface area contributed by atoms with Crippen LogP contribution < -0.4 is 17.0 Å². The van der Waals surface area contributed by atoms with Crippen LogP contribution in [0.2, 0.25) is 0 Å². The molecule has 1 aromatic carbocycles. The van der Waals surface area contributed by atoms with Gasteiger partial charge in [0.15, 0.2) is 6.34 Å². The Kier molecular flexibility index (Phi) is 8.69. The van der Waals surface area contributed by atoms with Gasteiger partial charge in [0.1, 0.15) is 12.7 Å². The Morgan fingerprint density at radius 1 is 1.09 bits per heavy atom. The van der Waals surface area contributed by atoms with Crippen LogP contribution >= 0.6 is 0 Å². The van der Waals surface area contributed by atoms with Gasteiger partial charge in [-0.3, -0.25) is 9.47 Å². The van der Waals surface area contributed by atoms with Crippen molar-refractivity contribution in [1.82, 2.24) is 4.98 Å². The third kappa shape index (κ3) is 5.86. The zero-order chi connectivity index (χ0) is 15.7. The normalized spacial score (nSPS) is 18.3. The van der Waals surface area contributed by atoms with Gasteiger partial charge >= 0.3 is 0 Å². The molecule has 2 heterocycles. The summed E-state index contributed by atoms with van der Waals surface area (Å²) >= 11 is 0. The lowest BCUT2D eigenvalue weighted by Crippen LogP contribution is -3.00. The molecule has 1 atom stereocenters. The van der Waals surface area contributed by atoms with Crippen molar-refractivity contribution in [3.05, 3.63) is 55.0 Å². The topological polar surface area (TPSA) is 45.5 Å². The smallest absolute Gasteiger partial charge is 0.194 e. The van der Waals surface area contributed by atoms with Crippen molar-refractivity contribution in [2.75, 3.05) is 19.7 Å². The van der Waals surface area contributed by atoms with E-state index in [0.717, 1.165) is 23.1 Å². The second-order valence-corrected chi connectivity index (χ2v) is 5.39. The summed E-state index contributed by atoms with van der Waals surface area (Å²) in [7, 11) is 0. The molecule has 0 aliphatic carbocycles. The summed E-state index contributed by atoms with van der Waals surface area (Å²) in [5, 5.41) is 10.1. The van der Waals surface area contributed by atoms with E-state index in [1.165, 1.54) is 18.2 Å². The van der Waals surface area contributed by atoms with Crippen molar-refractivity contribution in [1.29, 1.82) is 0 Å². The molecule has 0 fully saturated rings. The molecule has 2 aromatic rings. The van der Waals surface area contributed by atoms with Gasteiger partial charge < -0.3 is 22.1 Å². The second-order valence-electron chi connectivity index (χ2n) is 5.39. The van der Waals surface area contributed by atoms with Gasteiger partial charge in [0, 0.05) is 11.6 Å². The zero-order valence-electron chi connectivity index (χ0n) is 13.5. The molecule has 1 aromatic heterocycles. The van der Waals surface area contributed by atoms with Crippen molar-refractivity contribution < 1.29 is 26.6 Å². The Balaban J connectivity index is 0.000000223. The summed E-state index contributed by atoms with van der Waals surface area (Å²) in [5.41, 5.74) is 1.06. The van der Waals surface area contributed by atoms with Crippen LogP contribution in [-0.4, -0.2) is 40.6 Å². The monoisotopic (exact) mass is 377 g/mol. The Bertz CT molecular complexity index is 565. The highest BCUT2D eigenvalue weighted by Crippen LogP contribution is 2.12. The number of unbranched alkanes of at least 4 members (excludes halogenated alkanes) is 1. The van der Waals surface area contributed by atoms with Gasteiger partial charge in [-0.15, -0.1) is 0 Å². The molecule has 0 amide bonds. The van der Waals surface area contributed by atoms with Gasteiger partial charge in [-0.1, -0.05) is 37.6 Å². The fourth-order valence-electron chi connectivity index (χ4n) is 2.41. The SMILES string of the molecule is CCCC[N+]1(CCO)C=CN=C1.[Br-].c1ccc2ncccc2c1. The lowest BCUT2D eigenvalue weighted by atomic mass is 10.2. The Labute approximate surface area is 148 Å². The number of aliphatic hydroxyl groups excluding tert-OH is 1. The van der Waals surface area contributed by atoms with Gasteiger partial charge in [-0.2, -0.15) is 0 Å².